The van der Waals surface area contributed by atoms with Crippen molar-refractivity contribution in [2.24, 2.45) is 5.41 Å². The number of benzene rings is 2. The molecular formula is C27H32N4O2. The fourth-order valence-electron chi connectivity index (χ4n) is 4.82. The largest absolute Gasteiger partial charge is 0.359 e. The van der Waals surface area contributed by atoms with Gasteiger partial charge in [-0.1, -0.05) is 68.4 Å². The summed E-state index contributed by atoms with van der Waals surface area (Å²) >= 11 is 0. The third-order valence-electron chi connectivity index (χ3n) is 6.64. The Kier molecular flexibility index (Phi) is 6.63. The van der Waals surface area contributed by atoms with Gasteiger partial charge in [-0.05, 0) is 47.9 Å². The average Bonchev–Trinajstić information content (AvgIpc) is 3.35. The van der Waals surface area contributed by atoms with Gasteiger partial charge in [0.1, 0.15) is 5.69 Å². The van der Waals surface area contributed by atoms with E-state index in [1.165, 1.54) is 0 Å². The van der Waals surface area contributed by atoms with Gasteiger partial charge in [0, 0.05) is 25.8 Å². The summed E-state index contributed by atoms with van der Waals surface area (Å²) in [7, 11) is 1.68. The Balaban J connectivity index is 1.64. The molecule has 0 spiro atoms. The van der Waals surface area contributed by atoms with Crippen molar-refractivity contribution in [3.8, 4) is 11.1 Å². The van der Waals surface area contributed by atoms with Gasteiger partial charge < -0.3 is 10.2 Å². The number of aromatic amines is 1. The van der Waals surface area contributed by atoms with E-state index in [9.17, 15) is 9.59 Å². The molecule has 0 radical (unpaired) electrons. The molecule has 2 aromatic carbocycles. The van der Waals surface area contributed by atoms with E-state index < -0.39 is 5.41 Å². The second-order valence-corrected chi connectivity index (χ2v) is 9.25. The Labute approximate surface area is 195 Å². The molecule has 2 N–H and O–H groups in total. The summed E-state index contributed by atoms with van der Waals surface area (Å²) in [6, 6.07) is 20.3. The molecule has 1 atom stereocenters. The van der Waals surface area contributed by atoms with Crippen LogP contribution >= 0.6 is 0 Å². The van der Waals surface area contributed by atoms with Crippen molar-refractivity contribution < 1.29 is 9.59 Å². The Hall–Kier alpha value is -3.41. The molecule has 1 fully saturated rings. The standard InChI is InChI=1S/C27H32N4O2/c1-19(2)23-16-24(30-29-23)25(32)31-15-9-14-27(18-31,26(33)28-3)17-21-12-7-8-13-22(21)20-10-5-4-6-11-20/h4-8,10-13,16,19H,9,14-15,17-18H2,1-3H3,(H,28,33)(H,29,30). The molecule has 1 aliphatic heterocycles. The maximum absolute atomic E-state index is 13.3. The zero-order valence-corrected chi connectivity index (χ0v) is 19.6. The lowest BCUT2D eigenvalue weighted by Gasteiger charge is -2.41. The van der Waals surface area contributed by atoms with E-state index in [1.54, 1.807) is 11.9 Å². The van der Waals surface area contributed by atoms with E-state index in [0.29, 0.717) is 25.2 Å². The highest BCUT2D eigenvalue weighted by Crippen LogP contribution is 2.37. The Morgan fingerprint density at radius 1 is 1.12 bits per heavy atom. The monoisotopic (exact) mass is 444 g/mol. The molecule has 4 rings (SSSR count). The van der Waals surface area contributed by atoms with Crippen molar-refractivity contribution in [2.75, 3.05) is 20.1 Å². The lowest BCUT2D eigenvalue weighted by Crippen LogP contribution is -2.54. The van der Waals surface area contributed by atoms with Crippen molar-refractivity contribution in [3.63, 3.8) is 0 Å². The second-order valence-electron chi connectivity index (χ2n) is 9.25. The lowest BCUT2D eigenvalue weighted by atomic mass is 9.73. The van der Waals surface area contributed by atoms with Crippen LogP contribution in [0.5, 0.6) is 0 Å². The predicted molar refractivity (Wildman–Crippen MR) is 130 cm³/mol. The summed E-state index contributed by atoms with van der Waals surface area (Å²) in [6.07, 6.45) is 2.07. The van der Waals surface area contributed by atoms with Crippen LogP contribution in [-0.2, 0) is 11.2 Å². The first-order chi connectivity index (χ1) is 15.9. The number of nitrogens with one attached hydrogen (secondary N) is 2. The van der Waals surface area contributed by atoms with E-state index in [1.807, 2.05) is 36.4 Å². The number of carbonyl (C=O) groups excluding carboxylic acids is 2. The van der Waals surface area contributed by atoms with Crippen molar-refractivity contribution in [1.29, 1.82) is 0 Å². The number of aromatic nitrogens is 2. The van der Waals surface area contributed by atoms with Crippen LogP contribution in [0.4, 0.5) is 0 Å². The third-order valence-corrected chi connectivity index (χ3v) is 6.64. The van der Waals surface area contributed by atoms with Gasteiger partial charge >= 0.3 is 0 Å². The maximum atomic E-state index is 13.3. The number of nitrogens with zero attached hydrogens (tertiary/aromatic N) is 2. The summed E-state index contributed by atoms with van der Waals surface area (Å²) in [6.45, 7) is 5.12. The SMILES string of the molecule is CNC(=O)C1(Cc2ccccc2-c2ccccc2)CCCN(C(=O)c2cc(C(C)C)[nH]n2)C1. The minimum Gasteiger partial charge on any atom is -0.359 e. The molecule has 2 heterocycles. The summed E-state index contributed by atoms with van der Waals surface area (Å²) in [5.74, 6) is 0.120. The number of likely N-dealkylation sites (tertiary alicyclic amines) is 1. The van der Waals surface area contributed by atoms with Crippen LogP contribution in [0.25, 0.3) is 11.1 Å². The first-order valence-corrected chi connectivity index (χ1v) is 11.6. The molecule has 1 unspecified atom stereocenters. The van der Waals surface area contributed by atoms with Crippen molar-refractivity contribution in [1.82, 2.24) is 20.4 Å². The fourth-order valence-corrected chi connectivity index (χ4v) is 4.82. The van der Waals surface area contributed by atoms with E-state index in [-0.39, 0.29) is 17.7 Å². The molecule has 2 amide bonds. The second kappa shape index (κ2) is 9.61. The average molecular weight is 445 g/mol. The number of rotatable bonds is 6. The van der Waals surface area contributed by atoms with Gasteiger partial charge in [0.2, 0.25) is 5.91 Å². The van der Waals surface area contributed by atoms with E-state index >= 15 is 0 Å². The van der Waals surface area contributed by atoms with Gasteiger partial charge in [-0.15, -0.1) is 0 Å². The van der Waals surface area contributed by atoms with Gasteiger partial charge in [-0.3, -0.25) is 14.7 Å². The smallest absolute Gasteiger partial charge is 0.274 e. The van der Waals surface area contributed by atoms with E-state index in [4.69, 9.17) is 0 Å². The lowest BCUT2D eigenvalue weighted by molar-refractivity contribution is -0.133. The normalized spacial score (nSPS) is 18.4. The van der Waals surface area contributed by atoms with E-state index in [0.717, 1.165) is 35.2 Å². The Morgan fingerprint density at radius 3 is 2.55 bits per heavy atom. The first kappa shape index (κ1) is 22.8. The van der Waals surface area contributed by atoms with Crippen LogP contribution in [0.2, 0.25) is 0 Å². The maximum Gasteiger partial charge on any atom is 0.274 e. The van der Waals surface area contributed by atoms with Gasteiger partial charge in [0.15, 0.2) is 0 Å². The highest BCUT2D eigenvalue weighted by molar-refractivity contribution is 5.93. The van der Waals surface area contributed by atoms with Gasteiger partial charge in [0.25, 0.3) is 5.91 Å². The van der Waals surface area contributed by atoms with Crippen molar-refractivity contribution in [2.45, 2.75) is 39.0 Å². The fraction of sp³-hybridized carbons (Fsp3) is 0.370. The first-order valence-electron chi connectivity index (χ1n) is 11.6. The van der Waals surface area contributed by atoms with Gasteiger partial charge in [-0.25, -0.2) is 0 Å². The number of amides is 2. The van der Waals surface area contributed by atoms with Crippen LogP contribution in [0.1, 0.15) is 54.4 Å². The van der Waals surface area contributed by atoms with Crippen molar-refractivity contribution >= 4 is 11.8 Å². The molecule has 3 aromatic rings. The van der Waals surface area contributed by atoms with Gasteiger partial charge in [-0.2, -0.15) is 5.10 Å². The van der Waals surface area contributed by atoms with E-state index in [2.05, 4.69) is 53.6 Å². The van der Waals surface area contributed by atoms with Crippen LogP contribution in [0.3, 0.4) is 0 Å². The Morgan fingerprint density at radius 2 is 1.85 bits per heavy atom. The molecular weight excluding hydrogens is 412 g/mol. The highest BCUT2D eigenvalue weighted by atomic mass is 16.2. The van der Waals surface area contributed by atoms with Crippen LogP contribution in [0, 0.1) is 5.41 Å². The molecule has 172 valence electrons. The zero-order valence-electron chi connectivity index (χ0n) is 19.6. The zero-order chi connectivity index (χ0) is 23.4. The quantitative estimate of drug-likeness (QED) is 0.591. The predicted octanol–water partition coefficient (Wildman–Crippen LogP) is 4.41. The topological polar surface area (TPSA) is 78.1 Å². The third kappa shape index (κ3) is 4.70. The summed E-state index contributed by atoms with van der Waals surface area (Å²) < 4.78 is 0. The number of carbonyl (C=O) groups is 2. The van der Waals surface area contributed by atoms with Crippen molar-refractivity contribution in [3.05, 3.63) is 77.6 Å². The molecule has 0 aliphatic carbocycles. The molecule has 0 saturated carbocycles. The minimum atomic E-state index is -0.690. The summed E-state index contributed by atoms with van der Waals surface area (Å²) in [5, 5.41) is 10.1. The summed E-state index contributed by atoms with van der Waals surface area (Å²) in [5.41, 5.74) is 4.02. The highest BCUT2D eigenvalue weighted by Gasteiger charge is 2.43. The molecule has 1 aromatic heterocycles. The number of piperidine rings is 1. The number of hydrogen-bond acceptors (Lipinski definition) is 3. The summed E-state index contributed by atoms with van der Waals surface area (Å²) in [4.78, 5) is 28.4. The molecule has 0 bridgehead atoms. The minimum absolute atomic E-state index is 0.0206. The van der Waals surface area contributed by atoms with Crippen LogP contribution in [0.15, 0.2) is 60.7 Å². The van der Waals surface area contributed by atoms with Gasteiger partial charge in [0.05, 0.1) is 5.41 Å². The van der Waals surface area contributed by atoms with Crippen LogP contribution < -0.4 is 5.32 Å². The molecule has 6 nitrogen and oxygen atoms in total. The molecule has 1 aliphatic rings. The molecule has 33 heavy (non-hydrogen) atoms. The number of hydrogen-bond donors (Lipinski definition) is 2. The number of H-pyrrole nitrogens is 1. The Bertz CT molecular complexity index is 1120. The molecule has 1 saturated heterocycles. The van der Waals surface area contributed by atoms with Crippen LogP contribution in [-0.4, -0.2) is 47.0 Å². The molecule has 6 heteroatoms.